The first-order valence-corrected chi connectivity index (χ1v) is 15.3. The summed E-state index contributed by atoms with van der Waals surface area (Å²) in [7, 11) is 0. The van der Waals surface area contributed by atoms with Gasteiger partial charge in [0.1, 0.15) is 24.2 Å². The zero-order valence-electron chi connectivity index (χ0n) is 25.5. The summed E-state index contributed by atoms with van der Waals surface area (Å²) in [6.45, 7) is 1.46. The van der Waals surface area contributed by atoms with Crippen molar-refractivity contribution in [3.05, 3.63) is 108 Å². The lowest BCUT2D eigenvalue weighted by Crippen LogP contribution is -2.60. The van der Waals surface area contributed by atoms with Crippen molar-refractivity contribution in [3.8, 4) is 0 Å². The maximum absolute atomic E-state index is 14.0. The molecule has 0 spiro atoms. The highest BCUT2D eigenvalue weighted by atomic mass is 16.5. The normalized spacial score (nSPS) is 21.3. The monoisotopic (exact) mass is 623 g/mol. The first-order chi connectivity index (χ1) is 22.3. The smallest absolute Gasteiger partial charge is 0.307 e. The first-order valence-electron chi connectivity index (χ1n) is 15.3. The van der Waals surface area contributed by atoms with Gasteiger partial charge in [0.25, 0.3) is 0 Å². The van der Waals surface area contributed by atoms with Crippen LogP contribution in [0.15, 0.2) is 91.1 Å². The van der Waals surface area contributed by atoms with Gasteiger partial charge in [-0.2, -0.15) is 0 Å². The minimum absolute atomic E-state index is 0.00224. The molecule has 2 heterocycles. The van der Waals surface area contributed by atoms with Crippen molar-refractivity contribution in [2.24, 2.45) is 0 Å². The lowest BCUT2D eigenvalue weighted by Gasteiger charge is -2.28. The average Bonchev–Trinajstić information content (AvgIpc) is 3.46. The summed E-state index contributed by atoms with van der Waals surface area (Å²) < 4.78 is 5.54. The van der Waals surface area contributed by atoms with Gasteiger partial charge in [0, 0.05) is 36.5 Å². The number of rotatable bonds is 7. The Balaban J connectivity index is 1.45. The summed E-state index contributed by atoms with van der Waals surface area (Å²) in [6.07, 6.45) is 0.794. The molecule has 5 rings (SSSR count). The SMILES string of the molecule is C[C@H]1OC(=O)CCNC(=O)C(Cc2ccccc2)NC(=O)[C@H](Cc2c[nH]c3ccccc23)NC(=O)[C@H]1NC(=O)Cc1ccccc1. The van der Waals surface area contributed by atoms with Crippen LogP contribution in [0.25, 0.3) is 10.9 Å². The number of esters is 1. The maximum Gasteiger partial charge on any atom is 0.307 e. The predicted molar refractivity (Wildman–Crippen MR) is 171 cm³/mol. The fraction of sp³-hybridized carbons (Fsp3) is 0.286. The number of carbonyl (C=O) groups is 5. The molecule has 3 aromatic carbocycles. The molecule has 1 fully saturated rings. The number of hydrogen-bond acceptors (Lipinski definition) is 6. The number of benzene rings is 3. The van der Waals surface area contributed by atoms with Crippen LogP contribution in [-0.4, -0.2) is 65.4 Å². The summed E-state index contributed by atoms with van der Waals surface area (Å²) in [5, 5.41) is 11.9. The first kappa shape index (κ1) is 32.0. The van der Waals surface area contributed by atoms with Crippen LogP contribution >= 0.6 is 0 Å². The standard InChI is InChI=1S/C35H37N5O6/c1-22-32(40-30(41)19-24-12-6-3-7-13-24)35(45)39-29(20-25-21-37-27-15-9-8-14-26(25)27)34(44)38-28(18-23-10-4-2-5-11-23)33(43)36-17-16-31(42)46-22/h2-15,21-22,28-29,32,37H,16-20H2,1H3,(H,36,43)(H,38,44)(H,39,45)(H,40,41)/t22-,28?,29+,32+/m1/s1. The number of fused-ring (bicyclic) bond motifs is 1. The molecule has 238 valence electrons. The second-order valence-corrected chi connectivity index (χ2v) is 11.3. The number of nitrogens with one attached hydrogen (secondary N) is 5. The van der Waals surface area contributed by atoms with Gasteiger partial charge in [0.15, 0.2) is 0 Å². The summed E-state index contributed by atoms with van der Waals surface area (Å²) in [6, 6.07) is 22.4. The van der Waals surface area contributed by atoms with Crippen molar-refractivity contribution in [1.29, 1.82) is 0 Å². The van der Waals surface area contributed by atoms with E-state index in [1.54, 1.807) is 30.5 Å². The number of amides is 4. The van der Waals surface area contributed by atoms with Gasteiger partial charge < -0.3 is 31.0 Å². The van der Waals surface area contributed by atoms with Gasteiger partial charge in [0.05, 0.1) is 12.8 Å². The van der Waals surface area contributed by atoms with Gasteiger partial charge >= 0.3 is 5.97 Å². The quantitative estimate of drug-likeness (QED) is 0.199. The van der Waals surface area contributed by atoms with E-state index in [0.717, 1.165) is 27.6 Å². The third-order valence-electron chi connectivity index (χ3n) is 7.87. The predicted octanol–water partition coefficient (Wildman–Crippen LogP) is 2.10. The second-order valence-electron chi connectivity index (χ2n) is 11.3. The van der Waals surface area contributed by atoms with Crippen LogP contribution in [0.2, 0.25) is 0 Å². The van der Waals surface area contributed by atoms with Crippen molar-refractivity contribution in [2.45, 2.75) is 56.8 Å². The van der Waals surface area contributed by atoms with Gasteiger partial charge in [-0.1, -0.05) is 78.9 Å². The molecule has 4 atom stereocenters. The van der Waals surface area contributed by atoms with E-state index in [4.69, 9.17) is 4.74 Å². The van der Waals surface area contributed by atoms with Crippen molar-refractivity contribution in [3.63, 3.8) is 0 Å². The van der Waals surface area contributed by atoms with Crippen LogP contribution in [0.4, 0.5) is 0 Å². The van der Waals surface area contributed by atoms with E-state index in [9.17, 15) is 24.0 Å². The van der Waals surface area contributed by atoms with E-state index in [1.165, 1.54) is 6.92 Å². The number of H-pyrrole nitrogens is 1. The molecular weight excluding hydrogens is 586 g/mol. The molecule has 1 aliphatic rings. The van der Waals surface area contributed by atoms with E-state index in [2.05, 4.69) is 26.3 Å². The molecule has 11 nitrogen and oxygen atoms in total. The molecule has 0 bridgehead atoms. The lowest BCUT2D eigenvalue weighted by molar-refractivity contribution is -0.152. The zero-order valence-corrected chi connectivity index (χ0v) is 25.5. The van der Waals surface area contributed by atoms with E-state index in [1.807, 2.05) is 60.7 Å². The van der Waals surface area contributed by atoms with Gasteiger partial charge in [0.2, 0.25) is 23.6 Å². The summed E-state index contributed by atoms with van der Waals surface area (Å²) in [4.78, 5) is 70.1. The Hall–Kier alpha value is -5.45. The van der Waals surface area contributed by atoms with Crippen LogP contribution in [0.3, 0.4) is 0 Å². The van der Waals surface area contributed by atoms with Gasteiger partial charge in [-0.25, -0.2) is 0 Å². The Morgan fingerprint density at radius 3 is 2.15 bits per heavy atom. The summed E-state index contributed by atoms with van der Waals surface area (Å²) in [5.74, 6) is -2.87. The Morgan fingerprint density at radius 2 is 1.41 bits per heavy atom. The molecule has 1 aromatic heterocycles. The average molecular weight is 624 g/mol. The largest absolute Gasteiger partial charge is 0.460 e. The Bertz CT molecular complexity index is 1690. The van der Waals surface area contributed by atoms with Crippen molar-refractivity contribution >= 4 is 40.5 Å². The molecule has 11 heteroatoms. The van der Waals surface area contributed by atoms with Crippen LogP contribution in [0.1, 0.15) is 30.0 Å². The number of aromatic amines is 1. The third-order valence-corrected chi connectivity index (χ3v) is 7.87. The second kappa shape index (κ2) is 15.0. The van der Waals surface area contributed by atoms with Crippen molar-refractivity contribution in [2.75, 3.05) is 6.54 Å². The van der Waals surface area contributed by atoms with Crippen LogP contribution in [0, 0.1) is 0 Å². The molecule has 1 unspecified atom stereocenters. The van der Waals surface area contributed by atoms with Crippen LogP contribution in [-0.2, 0) is 48.0 Å². The number of cyclic esters (lactones) is 1. The van der Waals surface area contributed by atoms with Crippen LogP contribution < -0.4 is 21.3 Å². The third kappa shape index (κ3) is 8.38. The highest BCUT2D eigenvalue weighted by Gasteiger charge is 2.35. The van der Waals surface area contributed by atoms with E-state index in [0.29, 0.717) is 0 Å². The van der Waals surface area contributed by atoms with Gasteiger partial charge in [-0.3, -0.25) is 24.0 Å². The highest BCUT2D eigenvalue weighted by molar-refractivity contribution is 5.96. The van der Waals surface area contributed by atoms with Gasteiger partial charge in [-0.15, -0.1) is 0 Å². The number of aromatic nitrogens is 1. The highest BCUT2D eigenvalue weighted by Crippen LogP contribution is 2.20. The molecule has 4 amide bonds. The minimum Gasteiger partial charge on any atom is -0.460 e. The summed E-state index contributed by atoms with van der Waals surface area (Å²) >= 11 is 0. The molecule has 5 N–H and O–H groups in total. The number of ether oxygens (including phenoxy) is 1. The number of hydrogen-bond donors (Lipinski definition) is 5. The Morgan fingerprint density at radius 1 is 0.783 bits per heavy atom. The van der Waals surface area contributed by atoms with Gasteiger partial charge in [-0.05, 0) is 29.7 Å². The molecule has 1 saturated heterocycles. The van der Waals surface area contributed by atoms with Crippen molar-refractivity contribution < 1.29 is 28.7 Å². The molecule has 4 aromatic rings. The fourth-order valence-electron chi connectivity index (χ4n) is 5.47. The van der Waals surface area contributed by atoms with Crippen LogP contribution in [0.5, 0.6) is 0 Å². The van der Waals surface area contributed by atoms with E-state index in [-0.39, 0.29) is 32.2 Å². The Labute approximate surface area is 266 Å². The Kier molecular flexibility index (Phi) is 10.4. The molecule has 1 aliphatic heterocycles. The number of para-hydroxylation sites is 1. The fourth-order valence-corrected chi connectivity index (χ4v) is 5.47. The van der Waals surface area contributed by atoms with E-state index >= 15 is 0 Å². The minimum atomic E-state index is -1.30. The molecular formula is C35H37N5O6. The zero-order chi connectivity index (χ0) is 32.5. The summed E-state index contributed by atoms with van der Waals surface area (Å²) in [5.41, 5.74) is 3.18. The topological polar surface area (TPSA) is 158 Å². The maximum atomic E-state index is 14.0. The molecule has 0 saturated carbocycles. The molecule has 0 aliphatic carbocycles. The molecule has 0 radical (unpaired) electrons. The molecule has 46 heavy (non-hydrogen) atoms. The number of carbonyl (C=O) groups excluding carboxylic acids is 5. The lowest BCUT2D eigenvalue weighted by atomic mass is 10.0. The van der Waals surface area contributed by atoms with E-state index < -0.39 is 53.8 Å². The van der Waals surface area contributed by atoms with Crippen molar-refractivity contribution in [1.82, 2.24) is 26.3 Å².